The summed E-state index contributed by atoms with van der Waals surface area (Å²) in [4.78, 5) is 9.00. The van der Waals surface area contributed by atoms with Gasteiger partial charge in [-0.15, -0.1) is 10.2 Å². The SMILES string of the molecule is CCCNc1cc(NC(C)c2nncn2C)nc(CC)n1. The van der Waals surface area contributed by atoms with Crippen LogP contribution in [0, 0.1) is 0 Å². The smallest absolute Gasteiger partial charge is 0.154 e. The fourth-order valence-electron chi connectivity index (χ4n) is 2.04. The summed E-state index contributed by atoms with van der Waals surface area (Å²) in [6.45, 7) is 7.12. The summed E-state index contributed by atoms with van der Waals surface area (Å²) in [7, 11) is 1.93. The van der Waals surface area contributed by atoms with Crippen molar-refractivity contribution in [1.29, 1.82) is 0 Å². The van der Waals surface area contributed by atoms with Gasteiger partial charge in [-0.3, -0.25) is 0 Å². The topological polar surface area (TPSA) is 80.5 Å². The van der Waals surface area contributed by atoms with Crippen LogP contribution in [0.3, 0.4) is 0 Å². The van der Waals surface area contributed by atoms with Crippen molar-refractivity contribution in [3.63, 3.8) is 0 Å². The van der Waals surface area contributed by atoms with Crippen molar-refractivity contribution >= 4 is 11.6 Å². The van der Waals surface area contributed by atoms with E-state index in [0.717, 1.165) is 42.7 Å². The van der Waals surface area contributed by atoms with Crippen molar-refractivity contribution < 1.29 is 0 Å². The van der Waals surface area contributed by atoms with Crippen LogP contribution in [0.4, 0.5) is 11.6 Å². The zero-order valence-electron chi connectivity index (χ0n) is 13.1. The van der Waals surface area contributed by atoms with E-state index in [1.165, 1.54) is 0 Å². The van der Waals surface area contributed by atoms with Crippen molar-refractivity contribution in [3.8, 4) is 0 Å². The van der Waals surface area contributed by atoms with Gasteiger partial charge >= 0.3 is 0 Å². The lowest BCUT2D eigenvalue weighted by Gasteiger charge is -2.15. The van der Waals surface area contributed by atoms with E-state index in [1.54, 1.807) is 6.33 Å². The zero-order chi connectivity index (χ0) is 15.2. The molecule has 114 valence electrons. The number of nitrogens with zero attached hydrogens (tertiary/aromatic N) is 5. The molecule has 2 heterocycles. The third kappa shape index (κ3) is 3.90. The maximum atomic E-state index is 4.52. The Labute approximate surface area is 125 Å². The number of rotatable bonds is 7. The Balaban J connectivity index is 2.16. The highest BCUT2D eigenvalue weighted by atomic mass is 15.3. The van der Waals surface area contributed by atoms with Gasteiger partial charge in [0.15, 0.2) is 5.82 Å². The molecule has 0 radical (unpaired) electrons. The molecule has 0 aliphatic rings. The molecule has 2 aromatic heterocycles. The van der Waals surface area contributed by atoms with E-state index >= 15 is 0 Å². The van der Waals surface area contributed by atoms with Crippen molar-refractivity contribution in [2.75, 3.05) is 17.2 Å². The molecule has 2 N–H and O–H groups in total. The lowest BCUT2D eigenvalue weighted by molar-refractivity contribution is 0.714. The predicted octanol–water partition coefficient (Wildman–Crippen LogP) is 2.16. The molecule has 1 atom stereocenters. The Morgan fingerprint density at radius 3 is 2.62 bits per heavy atom. The first-order valence-electron chi connectivity index (χ1n) is 7.36. The van der Waals surface area contributed by atoms with Gasteiger partial charge in [-0.1, -0.05) is 13.8 Å². The van der Waals surface area contributed by atoms with E-state index in [9.17, 15) is 0 Å². The second-order valence-corrected chi connectivity index (χ2v) is 5.00. The largest absolute Gasteiger partial charge is 0.370 e. The average molecular weight is 289 g/mol. The summed E-state index contributed by atoms with van der Waals surface area (Å²) >= 11 is 0. The van der Waals surface area contributed by atoms with E-state index in [1.807, 2.05) is 24.6 Å². The van der Waals surface area contributed by atoms with E-state index in [0.29, 0.717) is 0 Å². The van der Waals surface area contributed by atoms with Gasteiger partial charge in [0, 0.05) is 26.1 Å². The molecule has 2 rings (SSSR count). The second-order valence-electron chi connectivity index (χ2n) is 5.00. The van der Waals surface area contributed by atoms with Gasteiger partial charge in [0.25, 0.3) is 0 Å². The molecule has 0 amide bonds. The number of aromatic nitrogens is 5. The molecule has 0 fully saturated rings. The lowest BCUT2D eigenvalue weighted by Crippen LogP contribution is -2.14. The standard InChI is InChI=1S/C14H23N7/c1-5-7-15-12-8-13(19-11(6-2)18-12)17-10(3)14-20-16-9-21(14)4/h8-10H,5-7H2,1-4H3,(H2,15,17,18,19). The first-order chi connectivity index (χ1) is 10.1. The van der Waals surface area contributed by atoms with Crippen LogP contribution in [0.15, 0.2) is 12.4 Å². The Kier molecular flexibility index (Phi) is 5.08. The molecular formula is C14H23N7. The second kappa shape index (κ2) is 7.01. The Morgan fingerprint density at radius 2 is 2.00 bits per heavy atom. The summed E-state index contributed by atoms with van der Waals surface area (Å²) < 4.78 is 1.90. The zero-order valence-corrected chi connectivity index (χ0v) is 13.1. The van der Waals surface area contributed by atoms with Gasteiger partial charge in [0.1, 0.15) is 23.8 Å². The summed E-state index contributed by atoms with van der Waals surface area (Å²) in [5.74, 6) is 3.35. The van der Waals surface area contributed by atoms with Crippen LogP contribution in [0.1, 0.15) is 44.9 Å². The van der Waals surface area contributed by atoms with Crippen LogP contribution < -0.4 is 10.6 Å². The predicted molar refractivity (Wildman–Crippen MR) is 83.2 cm³/mol. The van der Waals surface area contributed by atoms with Crippen LogP contribution in [-0.4, -0.2) is 31.3 Å². The average Bonchev–Trinajstić information content (AvgIpc) is 2.91. The normalized spacial score (nSPS) is 12.2. The quantitative estimate of drug-likeness (QED) is 0.813. The van der Waals surface area contributed by atoms with Crippen molar-refractivity contribution in [2.45, 2.75) is 39.7 Å². The van der Waals surface area contributed by atoms with Gasteiger partial charge in [0.05, 0.1) is 6.04 Å². The minimum absolute atomic E-state index is 0.0242. The Bertz CT molecular complexity index is 578. The van der Waals surface area contributed by atoms with Crippen molar-refractivity contribution in [1.82, 2.24) is 24.7 Å². The number of hydrogen-bond donors (Lipinski definition) is 2. The third-order valence-corrected chi connectivity index (χ3v) is 3.14. The highest BCUT2D eigenvalue weighted by molar-refractivity contribution is 5.48. The van der Waals surface area contributed by atoms with Crippen LogP contribution in [0.2, 0.25) is 0 Å². The van der Waals surface area contributed by atoms with E-state index in [-0.39, 0.29) is 6.04 Å². The highest BCUT2D eigenvalue weighted by Gasteiger charge is 2.13. The van der Waals surface area contributed by atoms with Crippen LogP contribution in [0.25, 0.3) is 0 Å². The monoisotopic (exact) mass is 289 g/mol. The first kappa shape index (κ1) is 15.2. The Hall–Kier alpha value is -2.18. The number of hydrogen-bond acceptors (Lipinski definition) is 6. The fourth-order valence-corrected chi connectivity index (χ4v) is 2.04. The fraction of sp³-hybridized carbons (Fsp3) is 0.571. The summed E-state index contributed by atoms with van der Waals surface area (Å²) in [5, 5.41) is 14.7. The lowest BCUT2D eigenvalue weighted by atomic mass is 10.3. The van der Waals surface area contributed by atoms with Gasteiger partial charge in [-0.05, 0) is 13.3 Å². The van der Waals surface area contributed by atoms with E-state index < -0.39 is 0 Å². The minimum Gasteiger partial charge on any atom is -0.370 e. The minimum atomic E-state index is 0.0242. The molecule has 0 spiro atoms. The molecule has 0 aromatic carbocycles. The molecule has 0 saturated heterocycles. The van der Waals surface area contributed by atoms with E-state index in [2.05, 4.69) is 44.6 Å². The summed E-state index contributed by atoms with van der Waals surface area (Å²) in [6, 6.07) is 1.96. The first-order valence-corrected chi connectivity index (χ1v) is 7.36. The maximum Gasteiger partial charge on any atom is 0.154 e. The molecule has 7 heteroatoms. The molecule has 21 heavy (non-hydrogen) atoms. The number of anilines is 2. The van der Waals surface area contributed by atoms with Crippen molar-refractivity contribution in [2.24, 2.45) is 7.05 Å². The van der Waals surface area contributed by atoms with Gasteiger partial charge in [-0.2, -0.15) is 0 Å². The molecular weight excluding hydrogens is 266 g/mol. The molecule has 0 bridgehead atoms. The molecule has 1 unspecified atom stereocenters. The van der Waals surface area contributed by atoms with Gasteiger partial charge in [-0.25, -0.2) is 9.97 Å². The number of aryl methyl sites for hydroxylation is 2. The van der Waals surface area contributed by atoms with Gasteiger partial charge in [0.2, 0.25) is 0 Å². The van der Waals surface area contributed by atoms with Crippen LogP contribution in [-0.2, 0) is 13.5 Å². The number of nitrogens with one attached hydrogen (secondary N) is 2. The Morgan fingerprint density at radius 1 is 1.24 bits per heavy atom. The maximum absolute atomic E-state index is 4.52. The van der Waals surface area contributed by atoms with Crippen LogP contribution in [0.5, 0.6) is 0 Å². The molecule has 0 aliphatic heterocycles. The third-order valence-electron chi connectivity index (χ3n) is 3.14. The highest BCUT2D eigenvalue weighted by Crippen LogP contribution is 2.18. The summed E-state index contributed by atoms with van der Waals surface area (Å²) in [5.41, 5.74) is 0. The molecule has 2 aromatic rings. The molecule has 0 aliphatic carbocycles. The van der Waals surface area contributed by atoms with Crippen LogP contribution >= 0.6 is 0 Å². The van der Waals surface area contributed by atoms with Gasteiger partial charge < -0.3 is 15.2 Å². The molecule has 7 nitrogen and oxygen atoms in total. The van der Waals surface area contributed by atoms with E-state index in [4.69, 9.17) is 0 Å². The molecule has 0 saturated carbocycles. The summed E-state index contributed by atoms with van der Waals surface area (Å²) in [6.07, 6.45) is 3.55. The van der Waals surface area contributed by atoms with Crippen molar-refractivity contribution in [3.05, 3.63) is 24.0 Å².